The van der Waals surface area contributed by atoms with Crippen molar-refractivity contribution in [1.82, 2.24) is 15.2 Å². The van der Waals surface area contributed by atoms with Gasteiger partial charge in [0.1, 0.15) is 5.69 Å². The van der Waals surface area contributed by atoms with Crippen molar-refractivity contribution in [2.45, 2.75) is 26.7 Å². The first-order chi connectivity index (χ1) is 12.8. The lowest BCUT2D eigenvalue weighted by Crippen LogP contribution is -2.21. The molecule has 1 aromatic heterocycles. The molecule has 1 heterocycles. The fourth-order valence-corrected chi connectivity index (χ4v) is 2.31. The summed E-state index contributed by atoms with van der Waals surface area (Å²) in [5.74, 6) is -0.939. The number of rotatable bonds is 7. The fourth-order valence-electron chi connectivity index (χ4n) is 2.31. The number of carbonyl (C=O) groups is 2. The molecule has 142 valence electrons. The van der Waals surface area contributed by atoms with E-state index in [0.29, 0.717) is 5.56 Å². The van der Waals surface area contributed by atoms with E-state index in [9.17, 15) is 19.7 Å². The molecule has 0 atom stereocenters. The SMILES string of the molecule is Cc1ccc(NC(=O)CCC(=O)N/N=C/c2cn(C)nc2C)c([N+](=O)[O-])c1. The zero-order valence-corrected chi connectivity index (χ0v) is 15.2. The number of carbonyl (C=O) groups excluding carboxylic acids is 2. The van der Waals surface area contributed by atoms with Crippen LogP contribution in [0.15, 0.2) is 29.5 Å². The molecule has 0 bridgehead atoms. The minimum atomic E-state index is -0.565. The van der Waals surface area contributed by atoms with E-state index < -0.39 is 16.7 Å². The normalized spacial score (nSPS) is 10.8. The fraction of sp³-hybridized carbons (Fsp3) is 0.294. The number of nitro benzene ring substituents is 1. The summed E-state index contributed by atoms with van der Waals surface area (Å²) in [6.07, 6.45) is 3.00. The van der Waals surface area contributed by atoms with Gasteiger partial charge in [0.05, 0.1) is 16.8 Å². The minimum Gasteiger partial charge on any atom is -0.320 e. The average Bonchev–Trinajstić information content (AvgIpc) is 2.92. The summed E-state index contributed by atoms with van der Waals surface area (Å²) in [6.45, 7) is 3.54. The quantitative estimate of drug-likeness (QED) is 0.435. The zero-order valence-electron chi connectivity index (χ0n) is 15.2. The number of hydrazone groups is 1. The number of aromatic nitrogens is 2. The first kappa shape index (κ1) is 19.8. The van der Waals surface area contributed by atoms with Gasteiger partial charge in [0.25, 0.3) is 5.69 Å². The standard InChI is InChI=1S/C17H20N6O4/c1-11-4-5-14(15(8-11)23(26)27)19-16(24)6-7-17(25)20-18-9-13-10-22(3)21-12(13)2/h4-5,8-10H,6-7H2,1-3H3,(H,19,24)(H,20,25)/b18-9+. The van der Waals surface area contributed by atoms with Gasteiger partial charge in [0.15, 0.2) is 0 Å². The number of nitrogens with one attached hydrogen (secondary N) is 2. The van der Waals surface area contributed by atoms with Crippen molar-refractivity contribution in [3.05, 3.63) is 51.3 Å². The van der Waals surface area contributed by atoms with Crippen molar-refractivity contribution in [2.75, 3.05) is 5.32 Å². The highest BCUT2D eigenvalue weighted by atomic mass is 16.6. The van der Waals surface area contributed by atoms with Crippen LogP contribution in [0.5, 0.6) is 0 Å². The number of amides is 2. The summed E-state index contributed by atoms with van der Waals surface area (Å²) in [6, 6.07) is 4.49. The monoisotopic (exact) mass is 372 g/mol. The number of hydrogen-bond donors (Lipinski definition) is 2. The van der Waals surface area contributed by atoms with Crippen molar-refractivity contribution in [1.29, 1.82) is 0 Å². The predicted molar refractivity (Wildman–Crippen MR) is 99.4 cm³/mol. The highest BCUT2D eigenvalue weighted by molar-refractivity contribution is 5.95. The van der Waals surface area contributed by atoms with Crippen LogP contribution in [0.3, 0.4) is 0 Å². The summed E-state index contributed by atoms with van der Waals surface area (Å²) >= 11 is 0. The van der Waals surface area contributed by atoms with Crippen LogP contribution in [-0.4, -0.2) is 32.7 Å². The summed E-state index contributed by atoms with van der Waals surface area (Å²) in [4.78, 5) is 34.2. The third-order valence-corrected chi connectivity index (χ3v) is 3.65. The molecule has 0 spiro atoms. The maximum atomic E-state index is 12.0. The molecular formula is C17H20N6O4. The minimum absolute atomic E-state index is 0.0982. The van der Waals surface area contributed by atoms with Crippen molar-refractivity contribution in [3.63, 3.8) is 0 Å². The molecule has 2 rings (SSSR count). The molecule has 0 radical (unpaired) electrons. The van der Waals surface area contributed by atoms with Crippen LogP contribution in [0.2, 0.25) is 0 Å². The molecule has 0 aliphatic rings. The lowest BCUT2D eigenvalue weighted by atomic mass is 10.2. The maximum Gasteiger partial charge on any atom is 0.293 e. The second-order valence-electron chi connectivity index (χ2n) is 5.96. The maximum absolute atomic E-state index is 12.0. The van der Waals surface area contributed by atoms with Crippen molar-refractivity contribution in [2.24, 2.45) is 12.1 Å². The van der Waals surface area contributed by atoms with E-state index in [2.05, 4.69) is 20.9 Å². The van der Waals surface area contributed by atoms with E-state index in [4.69, 9.17) is 0 Å². The first-order valence-corrected chi connectivity index (χ1v) is 8.13. The van der Waals surface area contributed by atoms with Crippen LogP contribution in [0.1, 0.15) is 29.7 Å². The Morgan fingerprint density at radius 2 is 2.00 bits per heavy atom. The van der Waals surface area contributed by atoms with Gasteiger partial charge in [-0.05, 0) is 25.5 Å². The number of hydrogen-bond acceptors (Lipinski definition) is 6. The van der Waals surface area contributed by atoms with Gasteiger partial charge >= 0.3 is 0 Å². The smallest absolute Gasteiger partial charge is 0.293 e. The largest absolute Gasteiger partial charge is 0.320 e. The van der Waals surface area contributed by atoms with Gasteiger partial charge in [-0.2, -0.15) is 10.2 Å². The lowest BCUT2D eigenvalue weighted by molar-refractivity contribution is -0.384. The van der Waals surface area contributed by atoms with Crippen molar-refractivity contribution < 1.29 is 14.5 Å². The van der Waals surface area contributed by atoms with Crippen molar-refractivity contribution in [3.8, 4) is 0 Å². The molecular weight excluding hydrogens is 352 g/mol. The second-order valence-corrected chi connectivity index (χ2v) is 5.96. The molecule has 0 aliphatic heterocycles. The lowest BCUT2D eigenvalue weighted by Gasteiger charge is -2.06. The molecule has 2 aromatic rings. The number of nitrogens with zero attached hydrogens (tertiary/aromatic N) is 4. The van der Waals surface area contributed by atoms with E-state index in [1.165, 1.54) is 18.3 Å². The molecule has 0 fully saturated rings. The van der Waals surface area contributed by atoms with Gasteiger partial charge in [-0.3, -0.25) is 24.4 Å². The number of aryl methyl sites for hydroxylation is 3. The van der Waals surface area contributed by atoms with E-state index in [1.54, 1.807) is 30.9 Å². The molecule has 1 aromatic carbocycles. The zero-order chi connectivity index (χ0) is 20.0. The Morgan fingerprint density at radius 3 is 2.63 bits per heavy atom. The Balaban J connectivity index is 1.84. The average molecular weight is 372 g/mol. The van der Waals surface area contributed by atoms with E-state index in [0.717, 1.165) is 11.3 Å². The molecule has 0 saturated carbocycles. The molecule has 2 N–H and O–H groups in total. The third-order valence-electron chi connectivity index (χ3n) is 3.65. The van der Waals surface area contributed by atoms with Gasteiger partial charge < -0.3 is 5.32 Å². The summed E-state index contributed by atoms with van der Waals surface area (Å²) in [5, 5.41) is 21.5. The summed E-state index contributed by atoms with van der Waals surface area (Å²) in [5.41, 5.74) is 4.48. The van der Waals surface area contributed by atoms with Gasteiger partial charge in [-0.25, -0.2) is 5.43 Å². The van der Waals surface area contributed by atoms with E-state index >= 15 is 0 Å². The molecule has 2 amide bonds. The van der Waals surface area contributed by atoms with Gasteiger partial charge in [0, 0.05) is 37.7 Å². The third kappa shape index (κ3) is 5.73. The van der Waals surface area contributed by atoms with Gasteiger partial charge in [-0.1, -0.05) is 6.07 Å². The van der Waals surface area contributed by atoms with E-state index in [1.807, 2.05) is 6.92 Å². The summed E-state index contributed by atoms with van der Waals surface area (Å²) in [7, 11) is 1.78. The van der Waals surface area contributed by atoms with Crippen LogP contribution in [0.25, 0.3) is 0 Å². The van der Waals surface area contributed by atoms with Crippen LogP contribution in [0.4, 0.5) is 11.4 Å². The predicted octanol–water partition coefficient (Wildman–Crippen LogP) is 1.81. The molecule has 10 nitrogen and oxygen atoms in total. The summed E-state index contributed by atoms with van der Waals surface area (Å²) < 4.78 is 1.63. The molecule has 10 heteroatoms. The molecule has 0 unspecified atom stereocenters. The van der Waals surface area contributed by atoms with Crippen molar-refractivity contribution >= 4 is 29.4 Å². The molecule has 0 aliphatic carbocycles. The van der Waals surface area contributed by atoms with Crippen LogP contribution < -0.4 is 10.7 Å². The van der Waals surface area contributed by atoms with Crippen LogP contribution in [0, 0.1) is 24.0 Å². The number of anilines is 1. The van der Waals surface area contributed by atoms with E-state index in [-0.39, 0.29) is 24.2 Å². The Bertz CT molecular complexity index is 903. The molecule has 0 saturated heterocycles. The highest BCUT2D eigenvalue weighted by Crippen LogP contribution is 2.25. The van der Waals surface area contributed by atoms with Crippen LogP contribution in [-0.2, 0) is 16.6 Å². The number of benzene rings is 1. The van der Waals surface area contributed by atoms with Gasteiger partial charge in [-0.15, -0.1) is 0 Å². The Hall–Kier alpha value is -3.56. The van der Waals surface area contributed by atoms with Gasteiger partial charge in [0.2, 0.25) is 11.8 Å². The Labute approximate surface area is 155 Å². The number of nitro groups is 1. The Morgan fingerprint density at radius 1 is 1.30 bits per heavy atom. The second kappa shape index (κ2) is 8.70. The molecule has 27 heavy (non-hydrogen) atoms. The highest BCUT2D eigenvalue weighted by Gasteiger charge is 2.16. The Kier molecular flexibility index (Phi) is 6.36. The van der Waals surface area contributed by atoms with Crippen LogP contribution >= 0.6 is 0 Å². The first-order valence-electron chi connectivity index (χ1n) is 8.13. The topological polar surface area (TPSA) is 132 Å².